The number of fused-ring (bicyclic) bond motifs is 2. The van der Waals surface area contributed by atoms with Crippen molar-refractivity contribution in [3.63, 3.8) is 0 Å². The number of aromatic nitrogens is 3. The van der Waals surface area contributed by atoms with Crippen LogP contribution in [-0.2, 0) is 9.53 Å². The van der Waals surface area contributed by atoms with E-state index in [2.05, 4.69) is 27.1 Å². The maximum absolute atomic E-state index is 13.6. The lowest BCUT2D eigenvalue weighted by Crippen LogP contribution is -2.50. The first-order valence-corrected chi connectivity index (χ1v) is 10.8. The second-order valence-corrected chi connectivity index (χ2v) is 8.64. The van der Waals surface area contributed by atoms with Crippen LogP contribution in [0.3, 0.4) is 0 Å². The molecule has 154 valence electrons. The van der Waals surface area contributed by atoms with Gasteiger partial charge in [-0.05, 0) is 31.4 Å². The summed E-state index contributed by atoms with van der Waals surface area (Å²) in [6.07, 6.45) is 6.87. The molecule has 0 saturated carbocycles. The Bertz CT molecular complexity index is 1100. The van der Waals surface area contributed by atoms with Crippen LogP contribution in [0.25, 0.3) is 5.65 Å². The maximum atomic E-state index is 13.6. The summed E-state index contributed by atoms with van der Waals surface area (Å²) in [6, 6.07) is 12.5. The van der Waals surface area contributed by atoms with Gasteiger partial charge in [-0.25, -0.2) is 4.98 Å². The molecule has 2 atom stereocenters. The van der Waals surface area contributed by atoms with Gasteiger partial charge in [-0.3, -0.25) is 4.79 Å². The Morgan fingerprint density at radius 3 is 2.70 bits per heavy atom. The molecule has 3 aliphatic heterocycles. The number of carbonyl (C=O) groups excluding carboxylic acids is 1. The number of ether oxygens (including phenoxy) is 1. The minimum absolute atomic E-state index is 0.0874. The topological polar surface area (TPSA) is 63.0 Å². The first kappa shape index (κ1) is 17.9. The first-order valence-electron chi connectivity index (χ1n) is 10.8. The SMILES string of the molecule is Cc1cnn2c(N3CCC4(CC3)O[C@@H]3CC[C@@H](c5ccccc5)N3C4=O)ccnc12. The van der Waals surface area contributed by atoms with Crippen LogP contribution in [0.2, 0.25) is 0 Å². The molecule has 3 aromatic rings. The number of carbonyl (C=O) groups is 1. The number of nitrogens with zero attached hydrogens (tertiary/aromatic N) is 5. The van der Waals surface area contributed by atoms with E-state index in [0.29, 0.717) is 12.8 Å². The molecule has 0 aliphatic carbocycles. The van der Waals surface area contributed by atoms with Crippen LogP contribution in [0.4, 0.5) is 5.82 Å². The Labute approximate surface area is 175 Å². The van der Waals surface area contributed by atoms with Gasteiger partial charge in [-0.2, -0.15) is 9.61 Å². The van der Waals surface area contributed by atoms with E-state index in [1.807, 2.05) is 53.0 Å². The van der Waals surface area contributed by atoms with Gasteiger partial charge in [0.25, 0.3) is 5.91 Å². The highest BCUT2D eigenvalue weighted by molar-refractivity contribution is 5.88. The van der Waals surface area contributed by atoms with Crippen molar-refractivity contribution in [1.29, 1.82) is 0 Å². The molecule has 7 heteroatoms. The normalized spacial score (nSPS) is 25.4. The third-order valence-corrected chi connectivity index (χ3v) is 6.96. The zero-order valence-electron chi connectivity index (χ0n) is 17.1. The van der Waals surface area contributed by atoms with E-state index >= 15 is 0 Å². The molecule has 3 aliphatic rings. The number of hydrogen-bond acceptors (Lipinski definition) is 5. The third-order valence-electron chi connectivity index (χ3n) is 6.96. The van der Waals surface area contributed by atoms with Gasteiger partial charge in [0.1, 0.15) is 12.0 Å². The highest BCUT2D eigenvalue weighted by Gasteiger charge is 2.58. The summed E-state index contributed by atoms with van der Waals surface area (Å²) in [4.78, 5) is 22.3. The van der Waals surface area contributed by atoms with Gasteiger partial charge >= 0.3 is 0 Å². The lowest BCUT2D eigenvalue weighted by Gasteiger charge is -2.38. The van der Waals surface area contributed by atoms with E-state index in [-0.39, 0.29) is 18.2 Å². The van der Waals surface area contributed by atoms with Gasteiger partial charge in [-0.15, -0.1) is 0 Å². The molecule has 0 bridgehead atoms. The summed E-state index contributed by atoms with van der Waals surface area (Å²) in [5.74, 6) is 1.20. The molecule has 0 N–H and O–H groups in total. The van der Waals surface area contributed by atoms with Crippen LogP contribution in [0.15, 0.2) is 48.8 Å². The molecule has 7 nitrogen and oxygen atoms in total. The predicted molar refractivity (Wildman–Crippen MR) is 112 cm³/mol. The smallest absolute Gasteiger partial charge is 0.257 e. The summed E-state index contributed by atoms with van der Waals surface area (Å²) in [6.45, 7) is 3.55. The molecule has 3 fully saturated rings. The Kier molecular flexibility index (Phi) is 3.90. The van der Waals surface area contributed by atoms with Crippen LogP contribution in [-0.4, -0.2) is 50.3 Å². The molecule has 2 aromatic heterocycles. The molecule has 1 spiro atoms. The average Bonchev–Trinajstić information content (AvgIpc) is 3.44. The van der Waals surface area contributed by atoms with E-state index in [9.17, 15) is 4.79 Å². The minimum Gasteiger partial charge on any atom is -0.356 e. The number of rotatable bonds is 2. The standard InChI is InChI=1S/C23H25N5O2/c1-16-15-25-28-19(9-12-24-21(16)28)26-13-10-23(11-14-26)22(29)27-18(7-8-20(27)30-23)17-5-3-2-4-6-17/h2-6,9,12,15,18,20H,7-8,10-11,13-14H2,1H3/t18-,20+/m0/s1. The van der Waals surface area contributed by atoms with E-state index < -0.39 is 5.60 Å². The second kappa shape index (κ2) is 6.54. The Morgan fingerprint density at radius 1 is 1.10 bits per heavy atom. The number of piperidine rings is 1. The quantitative estimate of drug-likeness (QED) is 0.658. The molecule has 6 rings (SSSR count). The molecule has 3 saturated heterocycles. The molecule has 0 unspecified atom stereocenters. The van der Waals surface area contributed by atoms with E-state index in [1.165, 1.54) is 5.56 Å². The average molecular weight is 403 g/mol. The Morgan fingerprint density at radius 2 is 1.90 bits per heavy atom. The van der Waals surface area contributed by atoms with Crippen molar-refractivity contribution in [2.24, 2.45) is 0 Å². The summed E-state index contributed by atoms with van der Waals surface area (Å²) in [5.41, 5.74) is 2.47. The maximum Gasteiger partial charge on any atom is 0.257 e. The largest absolute Gasteiger partial charge is 0.356 e. The van der Waals surface area contributed by atoms with E-state index in [0.717, 1.165) is 43.0 Å². The van der Waals surface area contributed by atoms with Crippen molar-refractivity contribution in [3.8, 4) is 0 Å². The highest BCUT2D eigenvalue weighted by atomic mass is 16.6. The lowest BCUT2D eigenvalue weighted by molar-refractivity contribution is -0.140. The van der Waals surface area contributed by atoms with Gasteiger partial charge < -0.3 is 14.5 Å². The number of aryl methyl sites for hydroxylation is 1. The van der Waals surface area contributed by atoms with Crippen LogP contribution < -0.4 is 4.90 Å². The van der Waals surface area contributed by atoms with Crippen molar-refractivity contribution in [3.05, 3.63) is 59.9 Å². The third kappa shape index (κ3) is 2.51. The van der Waals surface area contributed by atoms with Crippen molar-refractivity contribution >= 4 is 17.4 Å². The summed E-state index contributed by atoms with van der Waals surface area (Å²) < 4.78 is 8.37. The fraction of sp³-hybridized carbons (Fsp3) is 0.435. The predicted octanol–water partition coefficient (Wildman–Crippen LogP) is 3.10. The number of benzene rings is 1. The Hall–Kier alpha value is -2.93. The van der Waals surface area contributed by atoms with Gasteiger partial charge in [0.2, 0.25) is 0 Å². The van der Waals surface area contributed by atoms with Gasteiger partial charge in [0, 0.05) is 37.7 Å². The fourth-order valence-corrected chi connectivity index (χ4v) is 5.38. The molecular weight excluding hydrogens is 378 g/mol. The van der Waals surface area contributed by atoms with Crippen molar-refractivity contribution in [1.82, 2.24) is 19.5 Å². The summed E-state index contributed by atoms with van der Waals surface area (Å²) >= 11 is 0. The molecular formula is C23H25N5O2. The molecule has 1 amide bonds. The van der Waals surface area contributed by atoms with Crippen molar-refractivity contribution in [2.45, 2.75) is 50.5 Å². The summed E-state index contributed by atoms with van der Waals surface area (Å²) in [7, 11) is 0. The van der Waals surface area contributed by atoms with Gasteiger partial charge in [0.15, 0.2) is 11.2 Å². The zero-order chi connectivity index (χ0) is 20.3. The Balaban J connectivity index is 1.23. The van der Waals surface area contributed by atoms with Gasteiger partial charge in [-0.1, -0.05) is 30.3 Å². The van der Waals surface area contributed by atoms with E-state index in [4.69, 9.17) is 4.74 Å². The monoisotopic (exact) mass is 403 g/mol. The fourth-order valence-electron chi connectivity index (χ4n) is 5.38. The molecule has 0 radical (unpaired) electrons. The first-order chi connectivity index (χ1) is 14.7. The zero-order valence-corrected chi connectivity index (χ0v) is 17.1. The molecule has 1 aromatic carbocycles. The summed E-state index contributed by atoms with van der Waals surface area (Å²) in [5, 5.41) is 4.49. The van der Waals surface area contributed by atoms with E-state index in [1.54, 1.807) is 0 Å². The highest BCUT2D eigenvalue weighted by Crippen LogP contribution is 2.47. The van der Waals surface area contributed by atoms with Crippen LogP contribution in [0.1, 0.15) is 42.9 Å². The number of anilines is 1. The van der Waals surface area contributed by atoms with Crippen molar-refractivity contribution in [2.75, 3.05) is 18.0 Å². The second-order valence-electron chi connectivity index (χ2n) is 8.64. The molecule has 5 heterocycles. The van der Waals surface area contributed by atoms with Crippen molar-refractivity contribution < 1.29 is 9.53 Å². The van der Waals surface area contributed by atoms with Crippen LogP contribution in [0.5, 0.6) is 0 Å². The number of hydrogen-bond donors (Lipinski definition) is 0. The van der Waals surface area contributed by atoms with Gasteiger partial charge in [0.05, 0.1) is 12.2 Å². The molecule has 30 heavy (non-hydrogen) atoms. The lowest BCUT2D eigenvalue weighted by atomic mass is 9.89. The van der Waals surface area contributed by atoms with Crippen LogP contribution >= 0.6 is 0 Å². The van der Waals surface area contributed by atoms with Crippen LogP contribution in [0, 0.1) is 6.92 Å². The minimum atomic E-state index is -0.680. The number of amides is 1.